The summed E-state index contributed by atoms with van der Waals surface area (Å²) in [6.45, 7) is 0. The second kappa shape index (κ2) is 14.9. The Kier molecular flexibility index (Phi) is 9.55. The summed E-state index contributed by atoms with van der Waals surface area (Å²) >= 11 is 4.70. The SMILES string of the molecule is CN1C(=O)C(=C2Sc3c(c(-c4ccccn4)c4c(c3-c3ccccn3)SC(=C3C(=O)N(C)N(C(=O)Oc5ccccc5)C3=O)S4)S2)C(=O)N1C(=O)Oc1ccccc1. The van der Waals surface area contributed by atoms with Gasteiger partial charge in [-0.25, -0.2) is 19.6 Å². The fraction of sp³-hybridized carbons (Fsp3) is 0.0500. The third kappa shape index (κ3) is 6.20. The number of imide groups is 2. The second-order valence-corrected chi connectivity index (χ2v) is 17.1. The van der Waals surface area contributed by atoms with E-state index in [1.54, 1.807) is 85.2 Å². The van der Waals surface area contributed by atoms with Crippen molar-refractivity contribution in [2.24, 2.45) is 0 Å². The third-order valence-corrected chi connectivity index (χ3v) is 14.3. The topological polar surface area (TPSA) is 160 Å². The normalized spacial score (nSPS) is 16.2. The summed E-state index contributed by atoms with van der Waals surface area (Å²) in [4.78, 5) is 94.1. The van der Waals surface area contributed by atoms with Gasteiger partial charge in [0.05, 0.1) is 19.9 Å². The van der Waals surface area contributed by atoms with E-state index in [1.807, 2.05) is 24.3 Å². The van der Waals surface area contributed by atoms with Crippen LogP contribution in [-0.2, 0) is 19.2 Å². The van der Waals surface area contributed by atoms with Crippen LogP contribution in [0, 0.1) is 0 Å². The maximum absolute atomic E-state index is 14.0. The monoisotopic (exact) mass is 844 g/mol. The molecule has 0 radical (unpaired) electrons. The minimum Gasteiger partial charge on any atom is -0.409 e. The smallest absolute Gasteiger partial charge is 0.409 e. The number of hydrogen-bond donors (Lipinski definition) is 0. The minimum absolute atomic E-state index is 0.200. The molecular weight excluding hydrogens is 821 g/mol. The number of aromatic nitrogens is 2. The van der Waals surface area contributed by atoms with E-state index in [4.69, 9.17) is 9.47 Å². The lowest BCUT2D eigenvalue weighted by atomic mass is 10.0. The van der Waals surface area contributed by atoms with Gasteiger partial charge < -0.3 is 9.47 Å². The van der Waals surface area contributed by atoms with Crippen molar-refractivity contribution >= 4 is 82.9 Å². The van der Waals surface area contributed by atoms with Crippen molar-refractivity contribution < 1.29 is 38.2 Å². The lowest BCUT2D eigenvalue weighted by Crippen LogP contribution is -2.44. The van der Waals surface area contributed by atoms with Crippen LogP contribution in [0.15, 0.2) is 149 Å². The molecule has 5 aromatic rings. The number of rotatable bonds is 4. The lowest BCUT2D eigenvalue weighted by molar-refractivity contribution is -0.139. The molecule has 0 N–H and O–H groups in total. The largest absolute Gasteiger partial charge is 0.442 e. The molecule has 0 saturated carbocycles. The Hall–Kier alpha value is -6.34. The molecule has 3 aromatic carbocycles. The van der Waals surface area contributed by atoms with E-state index in [2.05, 4.69) is 9.97 Å². The van der Waals surface area contributed by atoms with Gasteiger partial charge in [0.15, 0.2) is 0 Å². The summed E-state index contributed by atoms with van der Waals surface area (Å²) in [7, 11) is 2.64. The van der Waals surface area contributed by atoms with Crippen molar-refractivity contribution in [3.8, 4) is 34.0 Å². The van der Waals surface area contributed by atoms with Gasteiger partial charge in [-0.1, -0.05) is 95.6 Å². The number of amides is 6. The second-order valence-electron chi connectivity index (χ2n) is 12.5. The van der Waals surface area contributed by atoms with Gasteiger partial charge in [-0.05, 0) is 48.5 Å². The Morgan fingerprint density at radius 3 is 1.16 bits per heavy atom. The predicted molar refractivity (Wildman–Crippen MR) is 215 cm³/mol. The van der Waals surface area contributed by atoms with Crippen LogP contribution < -0.4 is 9.47 Å². The number of pyridine rings is 2. The maximum Gasteiger partial charge on any atom is 0.442 e. The summed E-state index contributed by atoms with van der Waals surface area (Å²) < 4.78 is 11.5. The van der Waals surface area contributed by atoms with Crippen LogP contribution in [0.5, 0.6) is 11.5 Å². The quantitative estimate of drug-likeness (QED) is 0.130. The molecule has 286 valence electrons. The molecule has 6 amide bonds. The van der Waals surface area contributed by atoms with Crippen LogP contribution >= 0.6 is 47.0 Å². The molecule has 6 heterocycles. The number of para-hydroxylation sites is 2. The number of fused-ring (bicyclic) bond motifs is 2. The van der Waals surface area contributed by atoms with E-state index in [1.165, 1.54) is 61.1 Å². The highest BCUT2D eigenvalue weighted by Gasteiger charge is 2.50. The number of carbonyl (C=O) groups is 6. The highest BCUT2D eigenvalue weighted by molar-refractivity contribution is 8.26. The summed E-state index contributed by atoms with van der Waals surface area (Å²) in [6.07, 6.45) is 1.17. The van der Waals surface area contributed by atoms with Crippen LogP contribution in [0.4, 0.5) is 9.59 Å². The molecule has 58 heavy (non-hydrogen) atoms. The van der Waals surface area contributed by atoms with Crippen molar-refractivity contribution in [2.75, 3.05) is 14.1 Å². The zero-order chi connectivity index (χ0) is 40.2. The molecule has 0 unspecified atom stereocenters. The highest BCUT2D eigenvalue weighted by atomic mass is 32.2. The number of carbonyl (C=O) groups excluding carboxylic acids is 6. The predicted octanol–water partition coefficient (Wildman–Crippen LogP) is 7.46. The van der Waals surface area contributed by atoms with Gasteiger partial charge >= 0.3 is 12.2 Å². The van der Waals surface area contributed by atoms with Crippen LogP contribution in [0.3, 0.4) is 0 Å². The number of ether oxygens (including phenoxy) is 2. The Bertz CT molecular complexity index is 2460. The van der Waals surface area contributed by atoms with Gasteiger partial charge in [-0.3, -0.25) is 29.1 Å². The van der Waals surface area contributed by atoms with Crippen molar-refractivity contribution in [1.82, 2.24) is 30.0 Å². The summed E-state index contributed by atoms with van der Waals surface area (Å²) in [6, 6.07) is 27.2. The fourth-order valence-electron chi connectivity index (χ4n) is 6.35. The van der Waals surface area contributed by atoms with Gasteiger partial charge in [-0.2, -0.15) is 0 Å². The van der Waals surface area contributed by atoms with Crippen molar-refractivity contribution in [2.45, 2.75) is 19.6 Å². The van der Waals surface area contributed by atoms with Crippen molar-refractivity contribution in [1.29, 1.82) is 0 Å². The van der Waals surface area contributed by atoms with E-state index in [0.717, 1.165) is 10.0 Å². The van der Waals surface area contributed by atoms with E-state index in [9.17, 15) is 28.8 Å². The van der Waals surface area contributed by atoms with Crippen LogP contribution in [-0.4, -0.2) is 79.9 Å². The molecule has 18 heteroatoms. The maximum atomic E-state index is 14.0. The summed E-state index contributed by atoms with van der Waals surface area (Å²) in [5, 5.41) is 3.18. The lowest BCUT2D eigenvalue weighted by Gasteiger charge is -2.20. The Balaban J connectivity index is 1.15. The number of nitrogens with zero attached hydrogens (tertiary/aromatic N) is 6. The molecule has 2 aromatic heterocycles. The van der Waals surface area contributed by atoms with Gasteiger partial charge in [-0.15, -0.1) is 10.0 Å². The number of hydrogen-bond acceptors (Lipinski definition) is 14. The molecular formula is C40H24N6O8S4. The van der Waals surface area contributed by atoms with Crippen LogP contribution in [0.25, 0.3) is 22.5 Å². The molecule has 2 fully saturated rings. The molecule has 0 aliphatic carbocycles. The molecule has 2 saturated heterocycles. The van der Waals surface area contributed by atoms with E-state index >= 15 is 0 Å². The van der Waals surface area contributed by atoms with Crippen molar-refractivity contribution in [3.63, 3.8) is 0 Å². The number of benzene rings is 3. The fourth-order valence-corrected chi connectivity index (χ4v) is 12.2. The van der Waals surface area contributed by atoms with Crippen LogP contribution in [0.1, 0.15) is 0 Å². The molecule has 0 atom stereocenters. The summed E-state index contributed by atoms with van der Waals surface area (Å²) in [5.41, 5.74) is 1.92. The first-order valence-electron chi connectivity index (χ1n) is 17.2. The zero-order valence-electron chi connectivity index (χ0n) is 30.0. The Labute approximate surface area is 346 Å². The highest BCUT2D eigenvalue weighted by Crippen LogP contribution is 2.67. The minimum atomic E-state index is -1.04. The number of hydrazine groups is 2. The Morgan fingerprint density at radius 2 is 0.828 bits per heavy atom. The molecule has 0 bridgehead atoms. The summed E-state index contributed by atoms with van der Waals surface area (Å²) in [5.74, 6) is -2.70. The number of likely N-dealkylation sites (N-methyl/N-ethyl adjacent to an activating group) is 2. The molecule has 4 aliphatic rings. The van der Waals surface area contributed by atoms with Gasteiger partial charge in [0, 0.05) is 57.2 Å². The number of thioether (sulfide) groups is 4. The van der Waals surface area contributed by atoms with Gasteiger partial charge in [0.2, 0.25) is 0 Å². The molecule has 4 aliphatic heterocycles. The first-order chi connectivity index (χ1) is 28.1. The average Bonchev–Trinajstić information content (AvgIpc) is 3.96. The van der Waals surface area contributed by atoms with E-state index in [-0.39, 0.29) is 22.6 Å². The van der Waals surface area contributed by atoms with Crippen molar-refractivity contribution in [3.05, 3.63) is 129 Å². The molecule has 9 rings (SSSR count). The molecule has 14 nitrogen and oxygen atoms in total. The first-order valence-corrected chi connectivity index (χ1v) is 20.4. The first kappa shape index (κ1) is 37.2. The Morgan fingerprint density at radius 1 is 0.483 bits per heavy atom. The van der Waals surface area contributed by atoms with E-state index in [0.29, 0.717) is 60.6 Å². The molecule has 0 spiro atoms. The average molecular weight is 845 g/mol. The standard InChI is InChI=1S/C40H24N6O8S4/c1-43-33(47)27(35(49)45(43)39(51)53-21-13-5-3-6-14-21)37-55-29-25(23-17-9-11-19-41-23)31-32(26(30(29)56-37)24-18-10-12-20-42-24)58-38(57-31)28-34(48)44(2)46(36(28)50)40(52)54-22-15-7-4-8-16-22/h3-20H,1-2H3. The van der Waals surface area contributed by atoms with Gasteiger partial charge in [0.25, 0.3) is 23.6 Å². The zero-order valence-corrected chi connectivity index (χ0v) is 33.2. The van der Waals surface area contributed by atoms with Crippen LogP contribution in [0.2, 0.25) is 0 Å². The van der Waals surface area contributed by atoms with Gasteiger partial charge in [0.1, 0.15) is 22.6 Å². The third-order valence-electron chi connectivity index (χ3n) is 9.02. The van der Waals surface area contributed by atoms with E-state index < -0.39 is 35.8 Å².